The van der Waals surface area contributed by atoms with Gasteiger partial charge in [-0.2, -0.15) is 0 Å². The van der Waals surface area contributed by atoms with Gasteiger partial charge in [0.1, 0.15) is 18.1 Å². The highest BCUT2D eigenvalue weighted by Gasteiger charge is 2.07. The van der Waals surface area contributed by atoms with E-state index in [-0.39, 0.29) is 12.4 Å². The van der Waals surface area contributed by atoms with Gasteiger partial charge in [-0.15, -0.1) is 0 Å². The van der Waals surface area contributed by atoms with E-state index in [0.29, 0.717) is 22.9 Å². The Balaban J connectivity index is 1.50. The number of halogens is 1. The van der Waals surface area contributed by atoms with Crippen molar-refractivity contribution < 1.29 is 14.3 Å². The Bertz CT molecular complexity index is 812. The number of ketones is 1. The SMILES string of the molecule is O=C(COc1ccc(OCc2ccccc2)cc1)c1ccc(Cl)cc1. The third kappa shape index (κ3) is 5.10. The fourth-order valence-corrected chi connectivity index (χ4v) is 2.37. The summed E-state index contributed by atoms with van der Waals surface area (Å²) >= 11 is 5.81. The topological polar surface area (TPSA) is 35.5 Å². The summed E-state index contributed by atoms with van der Waals surface area (Å²) in [7, 11) is 0. The molecule has 3 aromatic carbocycles. The predicted octanol–water partition coefficient (Wildman–Crippen LogP) is 5.18. The third-order valence-corrected chi connectivity index (χ3v) is 3.86. The van der Waals surface area contributed by atoms with Crippen LogP contribution in [0.1, 0.15) is 15.9 Å². The summed E-state index contributed by atoms with van der Waals surface area (Å²) in [5.74, 6) is 1.27. The van der Waals surface area contributed by atoms with Gasteiger partial charge < -0.3 is 9.47 Å². The molecule has 4 heteroatoms. The normalized spacial score (nSPS) is 10.3. The number of hydrogen-bond acceptors (Lipinski definition) is 3. The zero-order valence-electron chi connectivity index (χ0n) is 13.5. The van der Waals surface area contributed by atoms with Gasteiger partial charge in [0.2, 0.25) is 0 Å². The number of carbonyl (C=O) groups excluding carboxylic acids is 1. The monoisotopic (exact) mass is 352 g/mol. The summed E-state index contributed by atoms with van der Waals surface area (Å²) < 4.78 is 11.3. The average molecular weight is 353 g/mol. The van der Waals surface area contributed by atoms with Gasteiger partial charge in [0.05, 0.1) is 0 Å². The Kier molecular flexibility index (Phi) is 5.70. The largest absolute Gasteiger partial charge is 0.489 e. The molecule has 3 nitrogen and oxygen atoms in total. The van der Waals surface area contributed by atoms with Gasteiger partial charge in [0.15, 0.2) is 12.4 Å². The molecule has 25 heavy (non-hydrogen) atoms. The van der Waals surface area contributed by atoms with Gasteiger partial charge in [-0.1, -0.05) is 41.9 Å². The van der Waals surface area contributed by atoms with Crippen LogP contribution in [0, 0.1) is 0 Å². The van der Waals surface area contributed by atoms with Crippen LogP contribution in [0.4, 0.5) is 0 Å². The third-order valence-electron chi connectivity index (χ3n) is 3.61. The highest BCUT2D eigenvalue weighted by molar-refractivity contribution is 6.30. The van der Waals surface area contributed by atoms with Crippen molar-refractivity contribution in [1.29, 1.82) is 0 Å². The number of benzene rings is 3. The minimum atomic E-state index is -0.0962. The quantitative estimate of drug-likeness (QED) is 0.549. The van der Waals surface area contributed by atoms with Crippen molar-refractivity contribution in [3.8, 4) is 11.5 Å². The maximum absolute atomic E-state index is 12.1. The van der Waals surface area contributed by atoms with Crippen LogP contribution in [-0.4, -0.2) is 12.4 Å². The highest BCUT2D eigenvalue weighted by Crippen LogP contribution is 2.19. The minimum Gasteiger partial charge on any atom is -0.489 e. The summed E-state index contributed by atoms with van der Waals surface area (Å²) in [6.07, 6.45) is 0. The molecule has 0 unspecified atom stereocenters. The molecule has 0 aliphatic carbocycles. The number of Topliss-reactive ketones (excluding diaryl/α,β-unsaturated/α-hetero) is 1. The van der Waals surface area contributed by atoms with Crippen molar-refractivity contribution in [2.45, 2.75) is 6.61 Å². The second-order valence-electron chi connectivity index (χ2n) is 5.46. The molecule has 0 heterocycles. The van der Waals surface area contributed by atoms with E-state index >= 15 is 0 Å². The minimum absolute atomic E-state index is 0.0220. The van der Waals surface area contributed by atoms with Crippen LogP contribution in [0.3, 0.4) is 0 Å². The van der Waals surface area contributed by atoms with Crippen LogP contribution < -0.4 is 9.47 Å². The molecule has 0 aliphatic heterocycles. The molecule has 3 aromatic rings. The molecule has 0 atom stereocenters. The van der Waals surface area contributed by atoms with E-state index in [9.17, 15) is 4.79 Å². The van der Waals surface area contributed by atoms with Crippen molar-refractivity contribution in [3.05, 3.63) is 95.0 Å². The summed E-state index contributed by atoms with van der Waals surface area (Å²) in [6.45, 7) is 0.488. The van der Waals surface area contributed by atoms with Crippen LogP contribution >= 0.6 is 11.6 Å². The Hall–Kier alpha value is -2.78. The standard InChI is InChI=1S/C21H17ClO3/c22-18-8-6-17(7-9-18)21(23)15-25-20-12-10-19(11-13-20)24-14-16-4-2-1-3-5-16/h1-13H,14-15H2. The molecule has 0 N–H and O–H groups in total. The number of rotatable bonds is 7. The van der Waals surface area contributed by atoms with Gasteiger partial charge in [0.25, 0.3) is 0 Å². The second kappa shape index (κ2) is 8.36. The Morgan fingerprint density at radius 2 is 1.36 bits per heavy atom. The lowest BCUT2D eigenvalue weighted by Gasteiger charge is -2.08. The highest BCUT2D eigenvalue weighted by atomic mass is 35.5. The van der Waals surface area contributed by atoms with E-state index in [1.54, 1.807) is 36.4 Å². The smallest absolute Gasteiger partial charge is 0.200 e. The van der Waals surface area contributed by atoms with Crippen LogP contribution in [0.5, 0.6) is 11.5 Å². The van der Waals surface area contributed by atoms with Crippen molar-refractivity contribution in [3.63, 3.8) is 0 Å². The summed E-state index contributed by atoms with van der Waals surface area (Å²) in [4.78, 5) is 12.1. The molecule has 0 aromatic heterocycles. The first-order valence-electron chi connectivity index (χ1n) is 7.89. The van der Waals surface area contributed by atoms with Gasteiger partial charge in [-0.25, -0.2) is 0 Å². The van der Waals surface area contributed by atoms with Crippen LogP contribution in [-0.2, 0) is 6.61 Å². The first-order valence-corrected chi connectivity index (χ1v) is 8.27. The predicted molar refractivity (Wildman–Crippen MR) is 98.5 cm³/mol. The van der Waals surface area contributed by atoms with E-state index in [2.05, 4.69) is 0 Å². The van der Waals surface area contributed by atoms with Crippen molar-refractivity contribution in [2.24, 2.45) is 0 Å². The number of hydrogen-bond donors (Lipinski definition) is 0. The summed E-state index contributed by atoms with van der Waals surface area (Å²) in [5.41, 5.74) is 1.68. The van der Waals surface area contributed by atoms with E-state index in [0.717, 1.165) is 11.3 Å². The van der Waals surface area contributed by atoms with Crippen LogP contribution in [0.25, 0.3) is 0 Å². The zero-order chi connectivity index (χ0) is 17.5. The molecule has 0 saturated carbocycles. The molecule has 0 amide bonds. The molecule has 0 fully saturated rings. The molecular formula is C21H17ClO3. The Labute approximate surface area is 151 Å². The van der Waals surface area contributed by atoms with Crippen molar-refractivity contribution >= 4 is 17.4 Å². The molecule has 126 valence electrons. The van der Waals surface area contributed by atoms with Crippen LogP contribution in [0.15, 0.2) is 78.9 Å². The van der Waals surface area contributed by atoms with Gasteiger partial charge in [-0.05, 0) is 54.1 Å². The van der Waals surface area contributed by atoms with E-state index in [1.165, 1.54) is 0 Å². The lowest BCUT2D eigenvalue weighted by molar-refractivity contribution is 0.0921. The van der Waals surface area contributed by atoms with Crippen molar-refractivity contribution in [1.82, 2.24) is 0 Å². The molecule has 0 bridgehead atoms. The van der Waals surface area contributed by atoms with E-state index < -0.39 is 0 Å². The van der Waals surface area contributed by atoms with Gasteiger partial charge in [-0.3, -0.25) is 4.79 Å². The summed E-state index contributed by atoms with van der Waals surface area (Å²) in [6, 6.07) is 23.9. The lowest BCUT2D eigenvalue weighted by atomic mass is 10.1. The summed E-state index contributed by atoms with van der Waals surface area (Å²) in [5, 5.41) is 0.601. The molecule has 0 aliphatic rings. The molecule has 0 spiro atoms. The maximum Gasteiger partial charge on any atom is 0.200 e. The fraction of sp³-hybridized carbons (Fsp3) is 0.0952. The Morgan fingerprint density at radius 1 is 0.760 bits per heavy atom. The second-order valence-corrected chi connectivity index (χ2v) is 5.90. The molecule has 3 rings (SSSR count). The number of ether oxygens (including phenoxy) is 2. The van der Waals surface area contributed by atoms with Crippen molar-refractivity contribution in [2.75, 3.05) is 6.61 Å². The van der Waals surface area contributed by atoms with Crippen LogP contribution in [0.2, 0.25) is 5.02 Å². The maximum atomic E-state index is 12.1. The Morgan fingerprint density at radius 3 is 2.00 bits per heavy atom. The van der Waals surface area contributed by atoms with Gasteiger partial charge >= 0.3 is 0 Å². The van der Waals surface area contributed by atoms with Gasteiger partial charge in [0, 0.05) is 10.6 Å². The lowest BCUT2D eigenvalue weighted by Crippen LogP contribution is -2.11. The first-order chi connectivity index (χ1) is 12.2. The molecule has 0 radical (unpaired) electrons. The molecular weight excluding hydrogens is 336 g/mol. The van der Waals surface area contributed by atoms with E-state index in [4.69, 9.17) is 21.1 Å². The zero-order valence-corrected chi connectivity index (χ0v) is 14.3. The number of carbonyl (C=O) groups is 1. The fourth-order valence-electron chi connectivity index (χ4n) is 2.24. The average Bonchev–Trinajstić information content (AvgIpc) is 2.67. The van der Waals surface area contributed by atoms with E-state index in [1.807, 2.05) is 42.5 Å². The first kappa shape index (κ1) is 17.1. The molecule has 0 saturated heterocycles.